The van der Waals surface area contributed by atoms with E-state index in [0.717, 1.165) is 57.8 Å². The average Bonchev–Trinajstić information content (AvgIpc) is 3.01. The van der Waals surface area contributed by atoms with Crippen LogP contribution in [-0.2, 0) is 28.2 Å². The molecule has 0 aliphatic rings. The zero-order valence-electron chi connectivity index (χ0n) is 28.6. The maximum absolute atomic E-state index is 12.3. The molecule has 0 saturated heterocycles. The van der Waals surface area contributed by atoms with E-state index in [1.807, 2.05) is 36.5 Å². The number of esters is 2. The van der Waals surface area contributed by atoms with Crippen molar-refractivity contribution in [2.45, 2.75) is 154 Å². The van der Waals surface area contributed by atoms with Crippen LogP contribution in [0.3, 0.4) is 0 Å². The summed E-state index contributed by atoms with van der Waals surface area (Å²) in [5.41, 5.74) is 0. The van der Waals surface area contributed by atoms with Crippen LogP contribution >= 0.6 is 7.82 Å². The molecule has 10 heteroatoms. The highest BCUT2D eigenvalue weighted by molar-refractivity contribution is 7.46. The number of allylic oxidation sites excluding steroid dienone is 7. The second-order valence-corrected chi connectivity index (χ2v) is 12.9. The average molecular weight is 671 g/mol. The summed E-state index contributed by atoms with van der Waals surface area (Å²) in [5.74, 6) is -0.982. The molecule has 0 amide bonds. The minimum Gasteiger partial charge on any atom is -0.462 e. The van der Waals surface area contributed by atoms with Gasteiger partial charge in [0.25, 0.3) is 0 Å². The predicted molar refractivity (Wildman–Crippen MR) is 185 cm³/mol. The van der Waals surface area contributed by atoms with Crippen molar-refractivity contribution in [1.82, 2.24) is 0 Å². The van der Waals surface area contributed by atoms with Crippen LogP contribution in [0.1, 0.15) is 142 Å². The molecule has 266 valence electrons. The highest BCUT2D eigenvalue weighted by Crippen LogP contribution is 2.35. The summed E-state index contributed by atoms with van der Waals surface area (Å²) in [6.07, 6.45) is 33.1. The molecule has 2 atom stereocenters. The first-order chi connectivity index (χ1) is 22.2. The summed E-state index contributed by atoms with van der Waals surface area (Å²) < 4.78 is 26.1. The molecule has 0 aromatic heterocycles. The van der Waals surface area contributed by atoms with Crippen LogP contribution in [-0.4, -0.2) is 52.3 Å². The van der Waals surface area contributed by atoms with E-state index in [2.05, 4.69) is 30.5 Å². The van der Waals surface area contributed by atoms with Crippen molar-refractivity contribution in [2.24, 2.45) is 0 Å². The molecule has 0 unspecified atom stereocenters. The Hall–Kier alpha value is -2.03. The zero-order valence-corrected chi connectivity index (χ0v) is 29.5. The second kappa shape index (κ2) is 31.6. The van der Waals surface area contributed by atoms with Crippen LogP contribution in [0.15, 0.2) is 48.6 Å². The van der Waals surface area contributed by atoms with Crippen LogP contribution in [0.4, 0.5) is 0 Å². The van der Waals surface area contributed by atoms with Gasteiger partial charge in [-0.15, -0.1) is 0 Å². The van der Waals surface area contributed by atoms with Crippen LogP contribution in [0.5, 0.6) is 0 Å². The third-order valence-corrected chi connectivity index (χ3v) is 7.69. The number of rotatable bonds is 31. The first-order valence-electron chi connectivity index (χ1n) is 17.5. The van der Waals surface area contributed by atoms with E-state index in [4.69, 9.17) is 19.3 Å². The molecule has 9 nitrogen and oxygen atoms in total. The van der Waals surface area contributed by atoms with Gasteiger partial charge in [0.15, 0.2) is 6.10 Å². The maximum atomic E-state index is 12.3. The van der Waals surface area contributed by atoms with Crippen molar-refractivity contribution in [2.75, 3.05) is 13.2 Å². The van der Waals surface area contributed by atoms with E-state index >= 15 is 0 Å². The molecular weight excluding hydrogens is 607 g/mol. The summed E-state index contributed by atoms with van der Waals surface area (Å²) in [6, 6.07) is 0. The third kappa shape index (κ3) is 33.3. The molecular formula is C36H63O9P. The fourth-order valence-electron chi connectivity index (χ4n) is 4.53. The first-order valence-corrected chi connectivity index (χ1v) is 19.1. The van der Waals surface area contributed by atoms with Gasteiger partial charge in [-0.3, -0.25) is 14.1 Å². The molecule has 0 aliphatic carbocycles. The lowest BCUT2D eigenvalue weighted by atomic mass is 10.1. The van der Waals surface area contributed by atoms with Gasteiger partial charge in [0.2, 0.25) is 0 Å². The molecule has 0 aromatic rings. The number of phosphoric acid groups is 1. The largest absolute Gasteiger partial charge is 0.469 e. The number of unbranched alkanes of at least 4 members (excludes halogenated alkanes) is 12. The normalized spacial score (nSPS) is 13.8. The molecule has 0 aromatic carbocycles. The minimum atomic E-state index is -4.77. The van der Waals surface area contributed by atoms with Crippen molar-refractivity contribution in [3.63, 3.8) is 0 Å². The number of hydrogen-bond donors (Lipinski definition) is 3. The molecule has 0 spiro atoms. The molecule has 0 heterocycles. The quantitative estimate of drug-likeness (QED) is 0.0217. The first kappa shape index (κ1) is 44.0. The molecule has 3 N–H and O–H groups in total. The summed E-state index contributed by atoms with van der Waals surface area (Å²) in [7, 11) is -4.77. The van der Waals surface area contributed by atoms with Crippen molar-refractivity contribution < 1.29 is 43.0 Å². The Kier molecular flexibility index (Phi) is 30.2. The van der Waals surface area contributed by atoms with Crippen molar-refractivity contribution in [1.29, 1.82) is 0 Å². The topological polar surface area (TPSA) is 140 Å². The van der Waals surface area contributed by atoms with Crippen LogP contribution in [0.2, 0.25) is 0 Å². The number of phosphoric ester groups is 1. The van der Waals surface area contributed by atoms with E-state index < -0.39 is 32.5 Å². The molecule has 0 aliphatic heterocycles. The summed E-state index contributed by atoms with van der Waals surface area (Å²) in [6.45, 7) is 3.46. The van der Waals surface area contributed by atoms with Gasteiger partial charge in [-0.25, -0.2) is 4.57 Å². The second-order valence-electron chi connectivity index (χ2n) is 11.7. The van der Waals surface area contributed by atoms with Gasteiger partial charge in [-0.1, -0.05) is 140 Å². The Bertz CT molecular complexity index is 907. The highest BCUT2D eigenvalue weighted by Gasteiger charge is 2.22. The lowest BCUT2D eigenvalue weighted by molar-refractivity contribution is -0.161. The van der Waals surface area contributed by atoms with Gasteiger partial charge in [0.05, 0.1) is 12.7 Å². The number of aliphatic hydroxyl groups is 1. The Labute approximate surface area is 278 Å². The Balaban J connectivity index is 4.15. The van der Waals surface area contributed by atoms with Crippen LogP contribution < -0.4 is 0 Å². The Morgan fingerprint density at radius 1 is 0.674 bits per heavy atom. The number of carbonyl (C=O) groups is 2. The fraction of sp³-hybridized carbons (Fsp3) is 0.722. The van der Waals surface area contributed by atoms with E-state index in [1.54, 1.807) is 0 Å². The lowest BCUT2D eigenvalue weighted by Gasteiger charge is -2.18. The van der Waals surface area contributed by atoms with Crippen molar-refractivity contribution >= 4 is 19.8 Å². The maximum Gasteiger partial charge on any atom is 0.469 e. The SMILES string of the molecule is CCCCCCCCCCCCC(=O)O[C@H](COC(=O)CCC/C=C\C/C=C\C/C=C\C=C\[C@H](O)CCCCC)COP(=O)(O)O. The summed E-state index contributed by atoms with van der Waals surface area (Å²) >= 11 is 0. The van der Waals surface area contributed by atoms with E-state index in [-0.39, 0.29) is 25.6 Å². The molecule has 0 fully saturated rings. The number of hydrogen-bond acceptors (Lipinski definition) is 7. The number of ether oxygens (including phenoxy) is 2. The monoisotopic (exact) mass is 670 g/mol. The van der Waals surface area contributed by atoms with Gasteiger partial charge in [-0.2, -0.15) is 0 Å². The molecule has 0 bridgehead atoms. The van der Waals surface area contributed by atoms with Gasteiger partial charge in [0.1, 0.15) is 6.61 Å². The standard InChI is InChI=1S/C36H63O9P/c1-3-5-7-8-9-10-15-19-22-26-30-36(39)45-34(32-44-46(40,41)42)31-43-35(38)29-25-21-18-16-13-11-12-14-17-20-24-28-33(37)27-23-6-4-2/h11-12,16-18,20,24,28,33-34,37H,3-10,13-15,19,21-23,25-27,29-32H2,1-2H3,(H2,40,41,42)/b12-11-,18-16-,20-17-,28-24+/t33-,34-/m1/s1. The smallest absolute Gasteiger partial charge is 0.462 e. The molecule has 46 heavy (non-hydrogen) atoms. The fourth-order valence-corrected chi connectivity index (χ4v) is 4.89. The van der Waals surface area contributed by atoms with E-state index in [9.17, 15) is 19.3 Å². The number of aliphatic hydroxyl groups excluding tert-OH is 1. The van der Waals surface area contributed by atoms with Gasteiger partial charge in [0, 0.05) is 12.8 Å². The van der Waals surface area contributed by atoms with E-state index in [0.29, 0.717) is 19.3 Å². The van der Waals surface area contributed by atoms with Crippen molar-refractivity contribution in [3.05, 3.63) is 48.6 Å². The lowest BCUT2D eigenvalue weighted by Crippen LogP contribution is -2.29. The number of carbonyl (C=O) groups excluding carboxylic acids is 2. The summed E-state index contributed by atoms with van der Waals surface area (Å²) in [5, 5.41) is 9.84. The highest BCUT2D eigenvalue weighted by atomic mass is 31.2. The predicted octanol–water partition coefficient (Wildman–Crippen LogP) is 8.98. The molecule has 0 saturated carbocycles. The Morgan fingerprint density at radius 2 is 1.24 bits per heavy atom. The summed E-state index contributed by atoms with van der Waals surface area (Å²) in [4.78, 5) is 42.5. The van der Waals surface area contributed by atoms with Crippen molar-refractivity contribution in [3.8, 4) is 0 Å². The zero-order chi connectivity index (χ0) is 34.1. The molecule has 0 radical (unpaired) electrons. The molecule has 0 rings (SSSR count). The van der Waals surface area contributed by atoms with E-state index in [1.165, 1.54) is 38.5 Å². The van der Waals surface area contributed by atoms with Gasteiger partial charge >= 0.3 is 19.8 Å². The van der Waals surface area contributed by atoms with Gasteiger partial charge < -0.3 is 24.4 Å². The van der Waals surface area contributed by atoms with Crippen LogP contribution in [0.25, 0.3) is 0 Å². The Morgan fingerprint density at radius 3 is 1.89 bits per heavy atom. The minimum absolute atomic E-state index is 0.171. The third-order valence-electron chi connectivity index (χ3n) is 7.20. The van der Waals surface area contributed by atoms with Crippen LogP contribution in [0, 0.1) is 0 Å². The van der Waals surface area contributed by atoms with Gasteiger partial charge in [-0.05, 0) is 38.5 Å².